The SMILES string of the molecule is COCCNS(=O)(=O)c1ccc(C(=O)NCC(C)(C)c2c(Cl)cccc2Cl)cc1. The van der Waals surface area contributed by atoms with Crippen molar-refractivity contribution in [2.75, 3.05) is 26.8 Å². The van der Waals surface area contributed by atoms with Crippen LogP contribution in [0.15, 0.2) is 47.4 Å². The molecule has 0 aliphatic heterocycles. The Labute approximate surface area is 181 Å². The second kappa shape index (κ2) is 9.91. The first-order valence-electron chi connectivity index (χ1n) is 8.90. The zero-order valence-electron chi connectivity index (χ0n) is 16.5. The minimum absolute atomic E-state index is 0.0772. The minimum Gasteiger partial charge on any atom is -0.383 e. The Bertz CT molecular complexity index is 941. The summed E-state index contributed by atoms with van der Waals surface area (Å²) < 4.78 is 31.6. The highest BCUT2D eigenvalue weighted by Gasteiger charge is 2.27. The van der Waals surface area contributed by atoms with Gasteiger partial charge in [-0.1, -0.05) is 43.1 Å². The summed E-state index contributed by atoms with van der Waals surface area (Å²) in [7, 11) is -2.16. The van der Waals surface area contributed by atoms with Gasteiger partial charge in [-0.2, -0.15) is 0 Å². The second-order valence-electron chi connectivity index (χ2n) is 7.08. The number of nitrogens with one attached hydrogen (secondary N) is 2. The molecule has 0 saturated carbocycles. The number of halogens is 2. The van der Waals surface area contributed by atoms with Crippen LogP contribution in [0.2, 0.25) is 10.0 Å². The molecule has 29 heavy (non-hydrogen) atoms. The van der Waals surface area contributed by atoms with Gasteiger partial charge in [-0.25, -0.2) is 13.1 Å². The van der Waals surface area contributed by atoms with Crippen molar-refractivity contribution in [1.82, 2.24) is 10.0 Å². The standard InChI is InChI=1S/C20H24Cl2N2O4S/c1-20(2,18-16(21)5-4-6-17(18)22)13-23-19(25)14-7-9-15(10-8-14)29(26,27)24-11-12-28-3/h4-10,24H,11-13H2,1-3H3,(H,23,25). The predicted molar refractivity (Wildman–Crippen MR) is 115 cm³/mol. The smallest absolute Gasteiger partial charge is 0.251 e. The summed E-state index contributed by atoms with van der Waals surface area (Å²) in [6.45, 7) is 4.60. The molecular formula is C20H24Cl2N2O4S. The highest BCUT2D eigenvalue weighted by atomic mass is 35.5. The number of methoxy groups -OCH3 is 1. The summed E-state index contributed by atoms with van der Waals surface area (Å²) in [5.74, 6) is -0.322. The second-order valence-corrected chi connectivity index (χ2v) is 9.66. The Morgan fingerprint density at radius 3 is 2.21 bits per heavy atom. The third kappa shape index (κ3) is 6.17. The average Bonchev–Trinajstić information content (AvgIpc) is 2.66. The zero-order chi connectivity index (χ0) is 21.7. The number of amides is 1. The van der Waals surface area contributed by atoms with E-state index in [9.17, 15) is 13.2 Å². The van der Waals surface area contributed by atoms with Crippen LogP contribution in [-0.2, 0) is 20.2 Å². The first-order chi connectivity index (χ1) is 13.6. The van der Waals surface area contributed by atoms with E-state index in [0.29, 0.717) is 22.2 Å². The highest BCUT2D eigenvalue weighted by Crippen LogP contribution is 2.35. The van der Waals surface area contributed by atoms with Crippen molar-refractivity contribution in [3.8, 4) is 0 Å². The maximum atomic E-state index is 12.5. The average molecular weight is 459 g/mol. The normalized spacial score (nSPS) is 12.0. The van der Waals surface area contributed by atoms with E-state index in [0.717, 1.165) is 5.56 Å². The van der Waals surface area contributed by atoms with Gasteiger partial charge in [0, 0.05) is 41.2 Å². The van der Waals surface area contributed by atoms with Crippen LogP contribution in [0.3, 0.4) is 0 Å². The van der Waals surface area contributed by atoms with Crippen LogP contribution in [0.1, 0.15) is 29.8 Å². The van der Waals surface area contributed by atoms with E-state index >= 15 is 0 Å². The largest absolute Gasteiger partial charge is 0.383 e. The lowest BCUT2D eigenvalue weighted by molar-refractivity contribution is 0.0945. The van der Waals surface area contributed by atoms with Crippen LogP contribution in [0.4, 0.5) is 0 Å². The molecule has 6 nitrogen and oxygen atoms in total. The molecule has 0 fully saturated rings. The van der Waals surface area contributed by atoms with Gasteiger partial charge in [0.2, 0.25) is 10.0 Å². The molecule has 2 aromatic rings. The molecule has 158 valence electrons. The first-order valence-corrected chi connectivity index (χ1v) is 11.1. The zero-order valence-corrected chi connectivity index (χ0v) is 18.8. The van der Waals surface area contributed by atoms with Gasteiger partial charge in [-0.15, -0.1) is 0 Å². The van der Waals surface area contributed by atoms with Crippen LogP contribution in [0.5, 0.6) is 0 Å². The Balaban J connectivity index is 2.06. The molecule has 0 bridgehead atoms. The van der Waals surface area contributed by atoms with Crippen LogP contribution in [0, 0.1) is 0 Å². The maximum Gasteiger partial charge on any atom is 0.251 e. The minimum atomic E-state index is -3.65. The molecule has 1 amide bonds. The summed E-state index contributed by atoms with van der Waals surface area (Å²) in [6, 6.07) is 11.0. The van der Waals surface area contributed by atoms with Crippen molar-refractivity contribution in [3.63, 3.8) is 0 Å². The first kappa shape index (κ1) is 23.6. The lowest BCUT2D eigenvalue weighted by atomic mass is 9.84. The molecule has 0 aliphatic carbocycles. The number of hydrogen-bond donors (Lipinski definition) is 2. The van der Waals surface area contributed by atoms with Crippen molar-refractivity contribution in [3.05, 3.63) is 63.6 Å². The van der Waals surface area contributed by atoms with Gasteiger partial charge in [0.1, 0.15) is 0 Å². The van der Waals surface area contributed by atoms with Crippen molar-refractivity contribution < 1.29 is 17.9 Å². The number of sulfonamides is 1. The lowest BCUT2D eigenvalue weighted by Crippen LogP contribution is -2.37. The molecule has 2 aromatic carbocycles. The summed E-state index contributed by atoms with van der Waals surface area (Å²) in [5, 5.41) is 3.92. The van der Waals surface area contributed by atoms with Crippen molar-refractivity contribution >= 4 is 39.1 Å². The van der Waals surface area contributed by atoms with E-state index in [2.05, 4.69) is 10.0 Å². The van der Waals surface area contributed by atoms with Gasteiger partial charge in [0.05, 0.1) is 11.5 Å². The fourth-order valence-corrected chi connectivity index (χ4v) is 4.71. The van der Waals surface area contributed by atoms with Gasteiger partial charge in [0.25, 0.3) is 5.91 Å². The van der Waals surface area contributed by atoms with E-state index in [1.165, 1.54) is 31.4 Å². The molecule has 0 unspecified atom stereocenters. The molecule has 0 aliphatic rings. The van der Waals surface area contributed by atoms with Gasteiger partial charge in [-0.05, 0) is 42.0 Å². The monoisotopic (exact) mass is 458 g/mol. The third-order valence-electron chi connectivity index (χ3n) is 4.36. The van der Waals surface area contributed by atoms with Crippen LogP contribution < -0.4 is 10.0 Å². The Kier molecular flexibility index (Phi) is 8.08. The van der Waals surface area contributed by atoms with E-state index in [1.54, 1.807) is 18.2 Å². The molecule has 9 heteroatoms. The van der Waals surface area contributed by atoms with Crippen LogP contribution in [-0.4, -0.2) is 41.1 Å². The van der Waals surface area contributed by atoms with Gasteiger partial charge >= 0.3 is 0 Å². The Hall–Kier alpha value is -1.64. The molecule has 2 rings (SSSR count). The van der Waals surface area contributed by atoms with Crippen molar-refractivity contribution in [2.24, 2.45) is 0 Å². The van der Waals surface area contributed by atoms with E-state index in [1.807, 2.05) is 13.8 Å². The number of ether oxygens (including phenoxy) is 1. The summed E-state index contributed by atoms with van der Waals surface area (Å²) >= 11 is 12.6. The van der Waals surface area contributed by atoms with Gasteiger partial charge < -0.3 is 10.1 Å². The molecule has 0 heterocycles. The fourth-order valence-electron chi connectivity index (χ4n) is 2.78. The Morgan fingerprint density at radius 2 is 1.66 bits per heavy atom. The lowest BCUT2D eigenvalue weighted by Gasteiger charge is -2.27. The number of rotatable bonds is 9. The molecular weight excluding hydrogens is 435 g/mol. The van der Waals surface area contributed by atoms with Crippen molar-refractivity contribution in [2.45, 2.75) is 24.2 Å². The highest BCUT2D eigenvalue weighted by molar-refractivity contribution is 7.89. The van der Waals surface area contributed by atoms with Crippen LogP contribution >= 0.6 is 23.2 Å². The summed E-state index contributed by atoms with van der Waals surface area (Å²) in [6.07, 6.45) is 0. The number of benzene rings is 2. The Morgan fingerprint density at radius 1 is 1.07 bits per heavy atom. The topological polar surface area (TPSA) is 84.5 Å². The third-order valence-corrected chi connectivity index (χ3v) is 6.46. The van der Waals surface area contributed by atoms with Gasteiger partial charge in [-0.3, -0.25) is 4.79 Å². The number of hydrogen-bond acceptors (Lipinski definition) is 4. The number of carbonyl (C=O) groups is 1. The fraction of sp³-hybridized carbons (Fsp3) is 0.350. The van der Waals surface area contributed by atoms with Gasteiger partial charge in [0.15, 0.2) is 0 Å². The molecule has 0 aromatic heterocycles. The molecule has 2 N–H and O–H groups in total. The maximum absolute atomic E-state index is 12.5. The predicted octanol–water partition coefficient (Wildman–Crippen LogP) is 3.63. The molecule has 0 atom stereocenters. The summed E-state index contributed by atoms with van der Waals surface area (Å²) in [4.78, 5) is 12.6. The number of carbonyl (C=O) groups excluding carboxylic acids is 1. The van der Waals surface area contributed by atoms with E-state index in [-0.39, 0.29) is 24.0 Å². The molecule has 0 saturated heterocycles. The van der Waals surface area contributed by atoms with E-state index in [4.69, 9.17) is 27.9 Å². The molecule has 0 radical (unpaired) electrons. The van der Waals surface area contributed by atoms with Crippen molar-refractivity contribution in [1.29, 1.82) is 0 Å². The molecule has 0 spiro atoms. The van der Waals surface area contributed by atoms with Crippen LogP contribution in [0.25, 0.3) is 0 Å². The summed E-state index contributed by atoms with van der Waals surface area (Å²) in [5.41, 5.74) is 0.605. The van der Waals surface area contributed by atoms with E-state index < -0.39 is 15.4 Å². The quantitative estimate of drug-likeness (QED) is 0.561.